The van der Waals surface area contributed by atoms with Crippen LogP contribution in [0.5, 0.6) is 0 Å². The Morgan fingerprint density at radius 3 is 2.59 bits per heavy atom. The molecule has 1 heterocycles. The van der Waals surface area contributed by atoms with Gasteiger partial charge in [-0.1, -0.05) is 48.5 Å². The standard InChI is InChI=1S/C18H19NO3/c20-18(19-22-13-16-12-21-16)17-9-5-4-8-15(17)11-10-14-6-2-1-3-7-14/h1-9,16H,10-13H2,(H,19,20). The molecule has 1 aliphatic rings. The highest BCUT2D eigenvalue weighted by Crippen LogP contribution is 2.13. The Balaban J connectivity index is 1.59. The molecule has 1 unspecified atom stereocenters. The lowest BCUT2D eigenvalue weighted by Gasteiger charge is -2.10. The predicted octanol–water partition coefficient (Wildman–Crippen LogP) is 2.53. The average Bonchev–Trinajstić information content (AvgIpc) is 3.38. The fraction of sp³-hybridized carbons (Fsp3) is 0.278. The van der Waals surface area contributed by atoms with Crippen molar-refractivity contribution in [3.63, 3.8) is 0 Å². The summed E-state index contributed by atoms with van der Waals surface area (Å²) in [5.74, 6) is -0.204. The molecule has 4 nitrogen and oxygen atoms in total. The van der Waals surface area contributed by atoms with Gasteiger partial charge in [0.1, 0.15) is 12.7 Å². The minimum atomic E-state index is -0.204. The van der Waals surface area contributed by atoms with Gasteiger partial charge in [0.15, 0.2) is 0 Å². The third kappa shape index (κ3) is 4.16. The first-order chi connectivity index (χ1) is 10.8. The largest absolute Gasteiger partial charge is 0.371 e. The highest BCUT2D eigenvalue weighted by molar-refractivity contribution is 5.94. The molecule has 0 radical (unpaired) electrons. The van der Waals surface area contributed by atoms with Gasteiger partial charge in [0.05, 0.1) is 6.61 Å². The summed E-state index contributed by atoms with van der Waals surface area (Å²) in [6, 6.07) is 17.9. The Bertz CT molecular complexity index is 623. The predicted molar refractivity (Wildman–Crippen MR) is 83.5 cm³/mol. The Labute approximate surface area is 130 Å². The number of amides is 1. The number of rotatable bonds is 7. The second-order valence-electron chi connectivity index (χ2n) is 5.34. The van der Waals surface area contributed by atoms with Crippen LogP contribution in [0.1, 0.15) is 21.5 Å². The van der Waals surface area contributed by atoms with E-state index in [0.717, 1.165) is 18.4 Å². The summed E-state index contributed by atoms with van der Waals surface area (Å²) in [5, 5.41) is 0. The van der Waals surface area contributed by atoms with Crippen molar-refractivity contribution in [3.8, 4) is 0 Å². The molecule has 0 spiro atoms. The van der Waals surface area contributed by atoms with Gasteiger partial charge >= 0.3 is 0 Å². The van der Waals surface area contributed by atoms with Crippen LogP contribution in [0.4, 0.5) is 0 Å². The minimum Gasteiger partial charge on any atom is -0.371 e. The number of hydroxylamine groups is 1. The first-order valence-electron chi connectivity index (χ1n) is 7.48. The molecular weight excluding hydrogens is 278 g/mol. The van der Waals surface area contributed by atoms with Crippen LogP contribution in [0, 0.1) is 0 Å². The second-order valence-corrected chi connectivity index (χ2v) is 5.34. The average molecular weight is 297 g/mol. The van der Waals surface area contributed by atoms with Gasteiger partial charge in [-0.3, -0.25) is 9.63 Å². The minimum absolute atomic E-state index is 0.133. The first kappa shape index (κ1) is 14.8. The fourth-order valence-electron chi connectivity index (χ4n) is 2.30. The molecule has 1 atom stereocenters. The van der Waals surface area contributed by atoms with Gasteiger partial charge in [0.2, 0.25) is 0 Å². The zero-order valence-electron chi connectivity index (χ0n) is 12.3. The highest BCUT2D eigenvalue weighted by Gasteiger charge is 2.23. The summed E-state index contributed by atoms with van der Waals surface area (Å²) in [6.45, 7) is 1.11. The van der Waals surface area contributed by atoms with E-state index < -0.39 is 0 Å². The van der Waals surface area contributed by atoms with Crippen LogP contribution >= 0.6 is 0 Å². The maximum absolute atomic E-state index is 12.2. The zero-order valence-corrected chi connectivity index (χ0v) is 12.3. The van der Waals surface area contributed by atoms with Crippen LogP contribution in [0.25, 0.3) is 0 Å². The molecular formula is C18H19NO3. The molecule has 0 aromatic heterocycles. The van der Waals surface area contributed by atoms with Gasteiger partial charge in [-0.15, -0.1) is 0 Å². The molecule has 1 fully saturated rings. The van der Waals surface area contributed by atoms with Crippen molar-refractivity contribution in [2.45, 2.75) is 18.9 Å². The van der Waals surface area contributed by atoms with E-state index in [1.807, 2.05) is 42.5 Å². The van der Waals surface area contributed by atoms with Crippen molar-refractivity contribution in [3.05, 3.63) is 71.3 Å². The lowest BCUT2D eigenvalue weighted by Crippen LogP contribution is -2.26. The lowest BCUT2D eigenvalue weighted by atomic mass is 9.99. The van der Waals surface area contributed by atoms with Gasteiger partial charge in [-0.05, 0) is 30.0 Å². The summed E-state index contributed by atoms with van der Waals surface area (Å²) >= 11 is 0. The number of aryl methyl sites for hydroxylation is 2. The van der Waals surface area contributed by atoms with Crippen molar-refractivity contribution >= 4 is 5.91 Å². The topological polar surface area (TPSA) is 50.9 Å². The molecule has 1 saturated heterocycles. The van der Waals surface area contributed by atoms with Crippen molar-refractivity contribution < 1.29 is 14.4 Å². The second kappa shape index (κ2) is 7.20. The number of nitrogens with one attached hydrogen (secondary N) is 1. The van der Waals surface area contributed by atoms with Crippen molar-refractivity contribution in [1.29, 1.82) is 0 Å². The third-order valence-electron chi connectivity index (χ3n) is 3.62. The van der Waals surface area contributed by atoms with E-state index in [1.54, 1.807) is 0 Å². The van der Waals surface area contributed by atoms with Gasteiger partial charge in [0.25, 0.3) is 5.91 Å². The number of benzene rings is 2. The molecule has 2 aromatic rings. The van der Waals surface area contributed by atoms with E-state index in [-0.39, 0.29) is 12.0 Å². The molecule has 4 heteroatoms. The summed E-state index contributed by atoms with van der Waals surface area (Å²) in [7, 11) is 0. The number of carbonyl (C=O) groups is 1. The number of hydrogen-bond acceptors (Lipinski definition) is 3. The Hall–Kier alpha value is -2.17. The SMILES string of the molecule is O=C(NOCC1CO1)c1ccccc1CCc1ccccc1. The molecule has 0 aliphatic carbocycles. The number of ether oxygens (including phenoxy) is 1. The summed E-state index contributed by atoms with van der Waals surface area (Å²) in [5.41, 5.74) is 5.44. The molecule has 2 aromatic carbocycles. The van der Waals surface area contributed by atoms with Crippen LogP contribution in [0.15, 0.2) is 54.6 Å². The van der Waals surface area contributed by atoms with Gasteiger partial charge in [0, 0.05) is 5.56 Å². The molecule has 1 aliphatic heterocycles. The molecule has 114 valence electrons. The fourth-order valence-corrected chi connectivity index (χ4v) is 2.30. The van der Waals surface area contributed by atoms with Gasteiger partial charge in [-0.25, -0.2) is 5.48 Å². The van der Waals surface area contributed by atoms with Crippen LogP contribution in [0.3, 0.4) is 0 Å². The zero-order chi connectivity index (χ0) is 15.2. The van der Waals surface area contributed by atoms with E-state index in [1.165, 1.54) is 5.56 Å². The van der Waals surface area contributed by atoms with Crippen molar-refractivity contribution in [2.75, 3.05) is 13.2 Å². The van der Waals surface area contributed by atoms with Gasteiger partial charge < -0.3 is 4.74 Å². The van der Waals surface area contributed by atoms with E-state index in [4.69, 9.17) is 9.57 Å². The van der Waals surface area contributed by atoms with Crippen LogP contribution < -0.4 is 5.48 Å². The molecule has 0 bridgehead atoms. The number of epoxide rings is 1. The Morgan fingerprint density at radius 2 is 1.82 bits per heavy atom. The number of carbonyl (C=O) groups excluding carboxylic acids is 1. The smallest absolute Gasteiger partial charge is 0.275 e. The quantitative estimate of drug-likeness (QED) is 0.631. The van der Waals surface area contributed by atoms with Crippen LogP contribution in [-0.2, 0) is 22.4 Å². The third-order valence-corrected chi connectivity index (χ3v) is 3.62. The molecule has 1 N–H and O–H groups in total. The van der Waals surface area contributed by atoms with E-state index >= 15 is 0 Å². The maximum atomic E-state index is 12.2. The first-order valence-corrected chi connectivity index (χ1v) is 7.48. The summed E-state index contributed by atoms with van der Waals surface area (Å²) in [4.78, 5) is 17.4. The van der Waals surface area contributed by atoms with Crippen molar-refractivity contribution in [2.24, 2.45) is 0 Å². The van der Waals surface area contributed by atoms with Crippen LogP contribution in [0.2, 0.25) is 0 Å². The molecule has 3 rings (SSSR count). The lowest BCUT2D eigenvalue weighted by molar-refractivity contribution is 0.0253. The summed E-state index contributed by atoms with van der Waals surface area (Å²) in [6.07, 6.45) is 1.86. The Kier molecular flexibility index (Phi) is 4.83. The maximum Gasteiger partial charge on any atom is 0.275 e. The molecule has 0 saturated carbocycles. The molecule has 1 amide bonds. The van der Waals surface area contributed by atoms with E-state index in [9.17, 15) is 4.79 Å². The normalized spacial score (nSPS) is 16.3. The highest BCUT2D eigenvalue weighted by atomic mass is 16.7. The van der Waals surface area contributed by atoms with Gasteiger partial charge in [-0.2, -0.15) is 0 Å². The van der Waals surface area contributed by atoms with Crippen LogP contribution in [-0.4, -0.2) is 25.2 Å². The number of hydrogen-bond donors (Lipinski definition) is 1. The Morgan fingerprint density at radius 1 is 1.09 bits per heavy atom. The van der Waals surface area contributed by atoms with E-state index in [0.29, 0.717) is 18.8 Å². The molecule has 22 heavy (non-hydrogen) atoms. The summed E-state index contributed by atoms with van der Waals surface area (Å²) < 4.78 is 5.03. The monoisotopic (exact) mass is 297 g/mol. The van der Waals surface area contributed by atoms with E-state index in [2.05, 4.69) is 17.6 Å². The van der Waals surface area contributed by atoms with Crippen molar-refractivity contribution in [1.82, 2.24) is 5.48 Å².